The molecule has 0 atom stereocenters. The average molecular weight is 451 g/mol. The van der Waals surface area contributed by atoms with Crippen molar-refractivity contribution in [2.24, 2.45) is 0 Å². The Morgan fingerprint density at radius 1 is 1.04 bits per heavy atom. The molecule has 5 nitrogen and oxygen atoms in total. The van der Waals surface area contributed by atoms with Crippen LogP contribution < -0.4 is 0 Å². The number of halogens is 1. The van der Waals surface area contributed by atoms with E-state index in [2.05, 4.69) is 15.9 Å². The van der Waals surface area contributed by atoms with Crippen molar-refractivity contribution in [1.29, 1.82) is 0 Å². The van der Waals surface area contributed by atoms with Crippen LogP contribution in [0.1, 0.15) is 17.5 Å². The number of sulfonamides is 1. The third-order valence-corrected chi connectivity index (χ3v) is 7.16. The van der Waals surface area contributed by atoms with E-state index in [0.29, 0.717) is 39.0 Å². The topological polar surface area (TPSA) is 57.7 Å². The smallest absolute Gasteiger partial charge is 0.243 e. The normalized spacial score (nSPS) is 15.7. The predicted octanol–water partition coefficient (Wildman–Crippen LogP) is 3.22. The summed E-state index contributed by atoms with van der Waals surface area (Å²) in [6, 6.07) is 14.9. The number of rotatable bonds is 5. The molecule has 1 saturated heterocycles. The van der Waals surface area contributed by atoms with Crippen molar-refractivity contribution < 1.29 is 13.2 Å². The number of hydrogen-bond acceptors (Lipinski definition) is 3. The molecule has 1 aliphatic heterocycles. The molecule has 1 amide bonds. The highest BCUT2D eigenvalue weighted by atomic mass is 79.9. The molecule has 27 heavy (non-hydrogen) atoms. The van der Waals surface area contributed by atoms with Crippen LogP contribution in [-0.4, -0.2) is 49.7 Å². The van der Waals surface area contributed by atoms with Crippen molar-refractivity contribution in [2.45, 2.75) is 24.7 Å². The zero-order valence-corrected chi connectivity index (χ0v) is 17.7. The molecule has 1 aliphatic rings. The van der Waals surface area contributed by atoms with Crippen molar-refractivity contribution in [3.05, 3.63) is 64.1 Å². The minimum Gasteiger partial charge on any atom is -0.340 e. The Hall–Kier alpha value is -1.70. The van der Waals surface area contributed by atoms with Gasteiger partial charge in [0.25, 0.3) is 0 Å². The zero-order chi connectivity index (χ0) is 19.4. The number of carbonyl (C=O) groups is 1. The fraction of sp³-hybridized carbons (Fsp3) is 0.350. The van der Waals surface area contributed by atoms with E-state index in [4.69, 9.17) is 0 Å². The van der Waals surface area contributed by atoms with Crippen molar-refractivity contribution in [2.75, 3.05) is 26.2 Å². The Morgan fingerprint density at radius 2 is 1.70 bits per heavy atom. The largest absolute Gasteiger partial charge is 0.340 e. The van der Waals surface area contributed by atoms with E-state index in [-0.39, 0.29) is 10.8 Å². The lowest BCUT2D eigenvalue weighted by Gasteiger charge is -2.34. The standard InChI is InChI=1S/C20H23BrN2O3S/c1-16-5-7-17(8-6-16)9-10-20(24)22-11-13-23(14-12-22)27(25,26)19-4-2-3-18(21)15-19/h2-8,15H,9-14H2,1H3. The summed E-state index contributed by atoms with van der Waals surface area (Å²) in [5.41, 5.74) is 2.35. The number of benzene rings is 2. The van der Waals surface area contributed by atoms with Crippen LogP contribution in [0, 0.1) is 6.92 Å². The second-order valence-corrected chi connectivity index (χ2v) is 9.58. The molecule has 0 saturated carbocycles. The van der Waals surface area contributed by atoms with Crippen molar-refractivity contribution in [1.82, 2.24) is 9.21 Å². The van der Waals surface area contributed by atoms with Crippen LogP contribution in [0.25, 0.3) is 0 Å². The highest BCUT2D eigenvalue weighted by Crippen LogP contribution is 2.21. The maximum Gasteiger partial charge on any atom is 0.243 e. The molecule has 7 heteroatoms. The molecule has 0 N–H and O–H groups in total. The van der Waals surface area contributed by atoms with Gasteiger partial charge in [-0.2, -0.15) is 4.31 Å². The van der Waals surface area contributed by atoms with Gasteiger partial charge in [0.05, 0.1) is 4.90 Å². The monoisotopic (exact) mass is 450 g/mol. The van der Waals surface area contributed by atoms with Gasteiger partial charge in [0.1, 0.15) is 0 Å². The highest BCUT2D eigenvalue weighted by Gasteiger charge is 2.30. The van der Waals surface area contributed by atoms with Crippen molar-refractivity contribution in [3.63, 3.8) is 0 Å². The molecule has 0 aromatic heterocycles. The quantitative estimate of drug-likeness (QED) is 0.702. The fourth-order valence-electron chi connectivity index (χ4n) is 3.12. The summed E-state index contributed by atoms with van der Waals surface area (Å²) >= 11 is 3.31. The number of carbonyl (C=O) groups excluding carboxylic acids is 1. The van der Waals surface area contributed by atoms with E-state index in [1.165, 1.54) is 9.87 Å². The van der Waals surface area contributed by atoms with Crippen LogP contribution in [0.2, 0.25) is 0 Å². The molecule has 2 aromatic carbocycles. The van der Waals surface area contributed by atoms with Gasteiger partial charge in [0, 0.05) is 37.1 Å². The molecule has 1 fully saturated rings. The second-order valence-electron chi connectivity index (χ2n) is 6.73. The van der Waals surface area contributed by atoms with E-state index < -0.39 is 10.0 Å². The molecular formula is C20H23BrN2O3S. The molecule has 0 spiro atoms. The SMILES string of the molecule is Cc1ccc(CCC(=O)N2CCN(S(=O)(=O)c3cccc(Br)c3)CC2)cc1. The van der Waals surface area contributed by atoms with E-state index in [9.17, 15) is 13.2 Å². The molecule has 0 aliphatic carbocycles. The van der Waals surface area contributed by atoms with E-state index in [0.717, 1.165) is 10.0 Å². The zero-order valence-electron chi connectivity index (χ0n) is 15.3. The van der Waals surface area contributed by atoms with Gasteiger partial charge in [-0.15, -0.1) is 0 Å². The average Bonchev–Trinajstić information content (AvgIpc) is 2.67. The van der Waals surface area contributed by atoms with Crippen LogP contribution in [0.5, 0.6) is 0 Å². The number of amides is 1. The number of hydrogen-bond donors (Lipinski definition) is 0. The maximum atomic E-state index is 12.8. The summed E-state index contributed by atoms with van der Waals surface area (Å²) in [7, 11) is -3.53. The van der Waals surface area contributed by atoms with Gasteiger partial charge in [-0.1, -0.05) is 51.8 Å². The van der Waals surface area contributed by atoms with Gasteiger partial charge in [0.2, 0.25) is 15.9 Å². The van der Waals surface area contributed by atoms with Gasteiger partial charge in [0.15, 0.2) is 0 Å². The van der Waals surface area contributed by atoms with Gasteiger partial charge >= 0.3 is 0 Å². The van der Waals surface area contributed by atoms with E-state index in [1.54, 1.807) is 29.2 Å². The highest BCUT2D eigenvalue weighted by molar-refractivity contribution is 9.10. The summed E-state index contributed by atoms with van der Waals surface area (Å²) in [6.45, 7) is 3.55. The first-order valence-corrected chi connectivity index (χ1v) is 11.2. The molecular weight excluding hydrogens is 428 g/mol. The Labute approximate surface area is 169 Å². The molecule has 0 radical (unpaired) electrons. The predicted molar refractivity (Wildman–Crippen MR) is 109 cm³/mol. The van der Waals surface area contributed by atoms with Crippen LogP contribution >= 0.6 is 15.9 Å². The first-order chi connectivity index (χ1) is 12.9. The van der Waals surface area contributed by atoms with Crippen LogP contribution in [0.15, 0.2) is 57.9 Å². The van der Waals surface area contributed by atoms with E-state index in [1.807, 2.05) is 31.2 Å². The van der Waals surface area contributed by atoms with Crippen LogP contribution in [-0.2, 0) is 21.2 Å². The Morgan fingerprint density at radius 3 is 2.33 bits per heavy atom. The molecule has 2 aromatic rings. The van der Waals surface area contributed by atoms with Gasteiger partial charge in [-0.25, -0.2) is 8.42 Å². The first-order valence-electron chi connectivity index (χ1n) is 8.95. The molecule has 0 bridgehead atoms. The third kappa shape index (κ3) is 4.97. The number of aryl methyl sites for hydroxylation is 2. The first kappa shape index (κ1) is 20.0. The molecule has 0 unspecified atom stereocenters. The Kier molecular flexibility index (Phi) is 6.34. The second kappa shape index (κ2) is 8.54. The minimum absolute atomic E-state index is 0.0788. The lowest BCUT2D eigenvalue weighted by molar-refractivity contribution is -0.132. The molecule has 3 rings (SSSR count). The van der Waals surface area contributed by atoms with Gasteiger partial charge in [-0.05, 0) is 37.1 Å². The van der Waals surface area contributed by atoms with E-state index >= 15 is 0 Å². The Balaban J connectivity index is 1.55. The minimum atomic E-state index is -3.53. The maximum absolute atomic E-state index is 12.8. The molecule has 144 valence electrons. The van der Waals surface area contributed by atoms with Crippen LogP contribution in [0.3, 0.4) is 0 Å². The van der Waals surface area contributed by atoms with Gasteiger partial charge in [-0.3, -0.25) is 4.79 Å². The summed E-state index contributed by atoms with van der Waals surface area (Å²) < 4.78 is 27.7. The Bertz CT molecular complexity index is 905. The van der Waals surface area contributed by atoms with Crippen LogP contribution in [0.4, 0.5) is 0 Å². The number of nitrogens with zero attached hydrogens (tertiary/aromatic N) is 2. The van der Waals surface area contributed by atoms with Crippen molar-refractivity contribution >= 4 is 31.9 Å². The van der Waals surface area contributed by atoms with Gasteiger partial charge < -0.3 is 4.90 Å². The number of piperazine rings is 1. The molecule has 1 heterocycles. The summed E-state index contributed by atoms with van der Waals surface area (Å²) in [5.74, 6) is 0.0788. The summed E-state index contributed by atoms with van der Waals surface area (Å²) in [5, 5.41) is 0. The summed E-state index contributed by atoms with van der Waals surface area (Å²) in [6.07, 6.45) is 1.15. The fourth-order valence-corrected chi connectivity index (χ4v) is 5.14. The van der Waals surface area contributed by atoms with Crippen molar-refractivity contribution in [3.8, 4) is 0 Å². The lowest BCUT2D eigenvalue weighted by Crippen LogP contribution is -2.50. The lowest BCUT2D eigenvalue weighted by atomic mass is 10.1. The summed E-state index contributed by atoms with van der Waals surface area (Å²) in [4.78, 5) is 14.5. The third-order valence-electron chi connectivity index (χ3n) is 4.77.